The van der Waals surface area contributed by atoms with Crippen LogP contribution in [0, 0.1) is 25.2 Å². The lowest BCUT2D eigenvalue weighted by Gasteiger charge is -2.22. The predicted octanol–water partition coefficient (Wildman–Crippen LogP) is 1.47. The van der Waals surface area contributed by atoms with Gasteiger partial charge in [0.1, 0.15) is 5.84 Å². The molecule has 3 rings (SSSR count). The van der Waals surface area contributed by atoms with E-state index in [-0.39, 0.29) is 17.1 Å². The summed E-state index contributed by atoms with van der Waals surface area (Å²) in [6.45, 7) is 9.57. The Labute approximate surface area is 134 Å². The van der Waals surface area contributed by atoms with E-state index in [0.29, 0.717) is 11.5 Å². The van der Waals surface area contributed by atoms with Crippen LogP contribution in [0.1, 0.15) is 32.2 Å². The molecular weight excluding hydrogens is 294 g/mol. The van der Waals surface area contributed by atoms with Gasteiger partial charge < -0.3 is 0 Å². The number of aryl methyl sites for hydroxylation is 2. The molecule has 1 aromatic rings. The number of fused-ring (bicyclic) bond motifs is 1. The van der Waals surface area contributed by atoms with E-state index in [1.807, 2.05) is 40.7 Å². The highest BCUT2D eigenvalue weighted by molar-refractivity contribution is 6.31. The first-order valence-electron chi connectivity index (χ1n) is 7.44. The van der Waals surface area contributed by atoms with Crippen LogP contribution in [0.4, 0.5) is 5.95 Å². The highest BCUT2D eigenvalue weighted by Crippen LogP contribution is 2.32. The second kappa shape index (κ2) is 4.97. The van der Waals surface area contributed by atoms with Crippen LogP contribution in [0.25, 0.3) is 0 Å². The van der Waals surface area contributed by atoms with Gasteiger partial charge in [-0.25, -0.2) is 15.0 Å². The van der Waals surface area contributed by atoms with Crippen LogP contribution < -0.4 is 10.4 Å². The smallest absolute Gasteiger partial charge is 0.267 e. The first kappa shape index (κ1) is 15.3. The van der Waals surface area contributed by atoms with Crippen molar-refractivity contribution >= 4 is 23.5 Å². The molecular formula is C16H19N5O2. The number of aliphatic imine (C=N–C) groups is 1. The normalized spacial score (nSPS) is 20.9. The minimum absolute atomic E-state index is 0.231. The second-order valence-electron chi connectivity index (χ2n) is 6.85. The number of nitrogens with zero attached hydrogens (tertiary/aromatic N) is 4. The topological polar surface area (TPSA) is 87.5 Å². The SMILES string of the molecule is Cc1cc(C)nc(N2NC3=NC(C(C)(C)C)=CC(=O)C3C2=O)n1. The maximum absolute atomic E-state index is 12.6. The standard InChI is InChI=1S/C16H19N5O2/c1-8-6-9(2)18-15(17-8)21-14(23)12-10(22)7-11(16(3,4)5)19-13(12)20-21/h6-7,12H,1-5H3,(H,19,20). The fourth-order valence-electron chi connectivity index (χ4n) is 2.55. The van der Waals surface area contributed by atoms with E-state index in [4.69, 9.17) is 0 Å². The third kappa shape index (κ3) is 2.62. The second-order valence-corrected chi connectivity index (χ2v) is 6.85. The number of ketones is 1. The van der Waals surface area contributed by atoms with Crippen molar-refractivity contribution in [3.63, 3.8) is 0 Å². The van der Waals surface area contributed by atoms with Crippen molar-refractivity contribution in [3.05, 3.63) is 29.2 Å². The summed E-state index contributed by atoms with van der Waals surface area (Å²) in [5.74, 6) is -1.01. The van der Waals surface area contributed by atoms with Gasteiger partial charge in [0, 0.05) is 22.9 Å². The number of aromatic nitrogens is 2. The van der Waals surface area contributed by atoms with Crippen molar-refractivity contribution in [1.29, 1.82) is 0 Å². The average Bonchev–Trinajstić information content (AvgIpc) is 2.74. The van der Waals surface area contributed by atoms with E-state index in [1.54, 1.807) is 0 Å². The number of carbonyl (C=O) groups is 2. The zero-order valence-corrected chi connectivity index (χ0v) is 13.8. The molecule has 3 heterocycles. The molecule has 2 aliphatic rings. The number of allylic oxidation sites excluding steroid dienone is 2. The molecule has 1 saturated heterocycles. The molecule has 1 atom stereocenters. The molecule has 1 aromatic heterocycles. The fourth-order valence-corrected chi connectivity index (χ4v) is 2.55. The molecule has 0 radical (unpaired) electrons. The molecule has 0 aliphatic carbocycles. The fraction of sp³-hybridized carbons (Fsp3) is 0.438. The molecule has 1 fully saturated rings. The molecule has 1 unspecified atom stereocenters. The first-order chi connectivity index (χ1) is 10.7. The van der Waals surface area contributed by atoms with Gasteiger partial charge in [-0.05, 0) is 19.9 Å². The Kier molecular flexibility index (Phi) is 3.31. The van der Waals surface area contributed by atoms with Gasteiger partial charge in [0.2, 0.25) is 0 Å². The maximum atomic E-state index is 12.6. The molecule has 120 valence electrons. The number of nitrogens with one attached hydrogen (secondary N) is 1. The molecule has 7 nitrogen and oxygen atoms in total. The Morgan fingerprint density at radius 2 is 1.74 bits per heavy atom. The molecule has 0 spiro atoms. The number of hydrogen-bond donors (Lipinski definition) is 1. The maximum Gasteiger partial charge on any atom is 0.267 e. The van der Waals surface area contributed by atoms with Gasteiger partial charge in [0.15, 0.2) is 11.7 Å². The van der Waals surface area contributed by atoms with E-state index in [9.17, 15) is 9.59 Å². The summed E-state index contributed by atoms with van der Waals surface area (Å²) >= 11 is 0. The summed E-state index contributed by atoms with van der Waals surface area (Å²) in [5, 5.41) is 1.21. The van der Waals surface area contributed by atoms with Crippen molar-refractivity contribution in [2.75, 3.05) is 5.01 Å². The number of anilines is 1. The number of rotatable bonds is 1. The van der Waals surface area contributed by atoms with Crippen LogP contribution in [0.15, 0.2) is 22.8 Å². The summed E-state index contributed by atoms with van der Waals surface area (Å²) in [4.78, 5) is 37.9. The Hall–Kier alpha value is -2.57. The molecule has 0 bridgehead atoms. The van der Waals surface area contributed by atoms with Gasteiger partial charge in [-0.15, -0.1) is 0 Å². The molecule has 1 N–H and O–H groups in total. The number of amides is 1. The molecule has 0 saturated carbocycles. The van der Waals surface area contributed by atoms with E-state index in [1.165, 1.54) is 11.1 Å². The summed E-state index contributed by atoms with van der Waals surface area (Å²) in [5.41, 5.74) is 4.77. The van der Waals surface area contributed by atoms with Gasteiger partial charge in [-0.1, -0.05) is 20.8 Å². The van der Waals surface area contributed by atoms with Crippen LogP contribution in [0.2, 0.25) is 0 Å². The number of amidine groups is 1. The summed E-state index contributed by atoms with van der Waals surface area (Å²) < 4.78 is 0. The molecule has 2 aliphatic heterocycles. The molecule has 7 heteroatoms. The predicted molar refractivity (Wildman–Crippen MR) is 85.6 cm³/mol. The van der Waals surface area contributed by atoms with Crippen molar-refractivity contribution in [1.82, 2.24) is 15.4 Å². The average molecular weight is 313 g/mol. The third-order valence-corrected chi connectivity index (χ3v) is 3.71. The zero-order chi connectivity index (χ0) is 16.9. The summed E-state index contributed by atoms with van der Waals surface area (Å²) in [7, 11) is 0. The summed E-state index contributed by atoms with van der Waals surface area (Å²) in [6, 6.07) is 1.82. The third-order valence-electron chi connectivity index (χ3n) is 3.71. The number of hydrazine groups is 1. The Balaban J connectivity index is 1.99. The summed E-state index contributed by atoms with van der Waals surface area (Å²) in [6.07, 6.45) is 1.46. The van der Waals surface area contributed by atoms with Gasteiger partial charge in [-0.3, -0.25) is 15.0 Å². The van der Waals surface area contributed by atoms with Gasteiger partial charge >= 0.3 is 0 Å². The lowest BCUT2D eigenvalue weighted by molar-refractivity contribution is -0.126. The minimum atomic E-state index is -0.925. The van der Waals surface area contributed by atoms with Gasteiger partial charge in [0.25, 0.3) is 11.9 Å². The van der Waals surface area contributed by atoms with Crippen molar-refractivity contribution < 1.29 is 9.59 Å². The first-order valence-corrected chi connectivity index (χ1v) is 7.44. The van der Waals surface area contributed by atoms with E-state index in [2.05, 4.69) is 20.4 Å². The minimum Gasteiger partial charge on any atom is -0.293 e. The van der Waals surface area contributed by atoms with E-state index in [0.717, 1.165) is 11.4 Å². The zero-order valence-electron chi connectivity index (χ0n) is 13.8. The van der Waals surface area contributed by atoms with Crippen molar-refractivity contribution in [3.8, 4) is 0 Å². The highest BCUT2D eigenvalue weighted by Gasteiger charge is 2.46. The van der Waals surface area contributed by atoms with Crippen molar-refractivity contribution in [2.24, 2.45) is 16.3 Å². The molecule has 0 aromatic carbocycles. The highest BCUT2D eigenvalue weighted by atomic mass is 16.2. The van der Waals surface area contributed by atoms with Crippen molar-refractivity contribution in [2.45, 2.75) is 34.6 Å². The lowest BCUT2D eigenvalue weighted by Crippen LogP contribution is -2.37. The van der Waals surface area contributed by atoms with Gasteiger partial charge in [0.05, 0.1) is 5.70 Å². The quantitative estimate of drug-likeness (QED) is 0.793. The van der Waals surface area contributed by atoms with Crippen LogP contribution in [-0.2, 0) is 9.59 Å². The molecule has 1 amide bonds. The van der Waals surface area contributed by atoms with Crippen LogP contribution in [-0.4, -0.2) is 27.5 Å². The largest absolute Gasteiger partial charge is 0.293 e. The number of carbonyl (C=O) groups excluding carboxylic acids is 2. The Bertz CT molecular complexity index is 753. The molecule has 23 heavy (non-hydrogen) atoms. The van der Waals surface area contributed by atoms with Crippen LogP contribution >= 0.6 is 0 Å². The Morgan fingerprint density at radius 1 is 1.13 bits per heavy atom. The van der Waals surface area contributed by atoms with E-state index >= 15 is 0 Å². The monoisotopic (exact) mass is 313 g/mol. The lowest BCUT2D eigenvalue weighted by atomic mass is 9.87. The van der Waals surface area contributed by atoms with Crippen LogP contribution in [0.5, 0.6) is 0 Å². The van der Waals surface area contributed by atoms with Gasteiger partial charge in [-0.2, -0.15) is 5.01 Å². The van der Waals surface area contributed by atoms with Crippen LogP contribution in [0.3, 0.4) is 0 Å². The number of hydrogen-bond acceptors (Lipinski definition) is 6. The Morgan fingerprint density at radius 3 is 2.30 bits per heavy atom. The van der Waals surface area contributed by atoms with E-state index < -0.39 is 11.8 Å².